The molecule has 0 atom stereocenters. The summed E-state index contributed by atoms with van der Waals surface area (Å²) in [7, 11) is 0. The van der Waals surface area contributed by atoms with Gasteiger partial charge in [0.15, 0.2) is 0 Å². The molecular formula is C48H30N2O. The van der Waals surface area contributed by atoms with E-state index in [2.05, 4.69) is 179 Å². The SMILES string of the molecule is c1ccc(-n2c3ccccc3c3c(-c4cccc5c6ccccc6n(-c6cccc(-c7cccc8c7oc7ccccc78)c6)c45)cccc32)cc1. The normalized spacial score (nSPS) is 11.9. The number of hydrogen-bond acceptors (Lipinski definition) is 1. The van der Waals surface area contributed by atoms with Crippen molar-refractivity contribution in [1.29, 1.82) is 0 Å². The van der Waals surface area contributed by atoms with Crippen molar-refractivity contribution in [3.05, 3.63) is 182 Å². The van der Waals surface area contributed by atoms with Crippen molar-refractivity contribution in [2.45, 2.75) is 0 Å². The number of rotatable bonds is 4. The van der Waals surface area contributed by atoms with Gasteiger partial charge in [-0.1, -0.05) is 133 Å². The quantitative estimate of drug-likeness (QED) is 0.186. The Morgan fingerprint density at radius 3 is 1.80 bits per heavy atom. The first kappa shape index (κ1) is 28.0. The lowest BCUT2D eigenvalue weighted by molar-refractivity contribution is 0.670. The predicted molar refractivity (Wildman–Crippen MR) is 213 cm³/mol. The van der Waals surface area contributed by atoms with Crippen LogP contribution in [0.1, 0.15) is 0 Å². The fourth-order valence-electron chi connectivity index (χ4n) is 8.39. The molecule has 3 aromatic heterocycles. The summed E-state index contributed by atoms with van der Waals surface area (Å²) in [4.78, 5) is 0. The molecule has 51 heavy (non-hydrogen) atoms. The van der Waals surface area contributed by atoms with E-state index in [0.717, 1.165) is 44.4 Å². The summed E-state index contributed by atoms with van der Waals surface area (Å²) in [5, 5.41) is 7.24. The molecule has 238 valence electrons. The zero-order valence-corrected chi connectivity index (χ0v) is 27.6. The Labute approximate surface area is 293 Å². The van der Waals surface area contributed by atoms with Crippen LogP contribution < -0.4 is 0 Å². The lowest BCUT2D eigenvalue weighted by Crippen LogP contribution is -1.96. The van der Waals surface area contributed by atoms with Gasteiger partial charge in [-0.15, -0.1) is 0 Å². The van der Waals surface area contributed by atoms with Gasteiger partial charge in [0.2, 0.25) is 0 Å². The first-order chi connectivity index (χ1) is 25.3. The van der Waals surface area contributed by atoms with Crippen LogP contribution in [-0.2, 0) is 0 Å². The number of nitrogens with zero attached hydrogens (tertiary/aromatic N) is 2. The minimum absolute atomic E-state index is 0.908. The molecule has 0 saturated carbocycles. The highest BCUT2D eigenvalue weighted by Crippen LogP contribution is 2.44. The van der Waals surface area contributed by atoms with Crippen molar-refractivity contribution < 1.29 is 4.42 Å². The second-order valence-electron chi connectivity index (χ2n) is 13.3. The maximum absolute atomic E-state index is 6.49. The Bertz CT molecular complexity index is 3140. The first-order valence-electron chi connectivity index (χ1n) is 17.4. The molecule has 0 saturated heterocycles. The Kier molecular flexibility index (Phi) is 5.96. The minimum Gasteiger partial charge on any atom is -0.455 e. The van der Waals surface area contributed by atoms with E-state index in [9.17, 15) is 0 Å². The van der Waals surface area contributed by atoms with Gasteiger partial charge in [-0.25, -0.2) is 0 Å². The molecule has 0 aliphatic rings. The third-order valence-electron chi connectivity index (χ3n) is 10.5. The van der Waals surface area contributed by atoms with Crippen LogP contribution in [0.4, 0.5) is 0 Å². The molecule has 0 amide bonds. The fourth-order valence-corrected chi connectivity index (χ4v) is 8.39. The average Bonchev–Trinajstić information content (AvgIpc) is 3.86. The summed E-state index contributed by atoms with van der Waals surface area (Å²) >= 11 is 0. The lowest BCUT2D eigenvalue weighted by atomic mass is 9.97. The van der Waals surface area contributed by atoms with Crippen molar-refractivity contribution in [3.63, 3.8) is 0 Å². The third-order valence-corrected chi connectivity index (χ3v) is 10.5. The highest BCUT2D eigenvalue weighted by Gasteiger charge is 2.21. The van der Waals surface area contributed by atoms with Crippen LogP contribution >= 0.6 is 0 Å². The monoisotopic (exact) mass is 650 g/mol. The van der Waals surface area contributed by atoms with Gasteiger partial charge in [-0.3, -0.25) is 0 Å². The molecule has 0 unspecified atom stereocenters. The standard InChI is InChI=1S/C48H30N2O/c1-2-15-32(16-3-1)49-43-27-8-5-20-41(43)46-37(22-13-28-44(46)49)39-24-12-23-38-35-18-4-7-26-42(35)50(47(38)39)33-17-10-14-31(30-33)34-21-11-25-40-36-19-6-9-29-45(36)51-48(34)40/h1-30H. The third kappa shape index (κ3) is 4.06. The molecule has 0 radical (unpaired) electrons. The molecule has 3 nitrogen and oxygen atoms in total. The number of aromatic nitrogens is 2. The van der Waals surface area contributed by atoms with Gasteiger partial charge < -0.3 is 13.6 Å². The summed E-state index contributed by atoms with van der Waals surface area (Å²) in [5.74, 6) is 0. The van der Waals surface area contributed by atoms with Crippen molar-refractivity contribution in [3.8, 4) is 33.6 Å². The molecule has 0 bridgehead atoms. The molecular weight excluding hydrogens is 621 g/mol. The smallest absolute Gasteiger partial charge is 0.143 e. The summed E-state index contributed by atoms with van der Waals surface area (Å²) < 4.78 is 11.3. The van der Waals surface area contributed by atoms with E-state index in [-0.39, 0.29) is 0 Å². The topological polar surface area (TPSA) is 23.0 Å². The average molecular weight is 651 g/mol. The van der Waals surface area contributed by atoms with Gasteiger partial charge in [0.05, 0.1) is 22.1 Å². The highest BCUT2D eigenvalue weighted by molar-refractivity contribution is 6.20. The van der Waals surface area contributed by atoms with Crippen molar-refractivity contribution >= 4 is 65.6 Å². The van der Waals surface area contributed by atoms with Gasteiger partial charge in [0, 0.05) is 54.8 Å². The van der Waals surface area contributed by atoms with E-state index in [0.29, 0.717) is 0 Å². The number of furan rings is 1. The summed E-state index contributed by atoms with van der Waals surface area (Å²) in [5.41, 5.74) is 13.5. The van der Waals surface area contributed by atoms with Gasteiger partial charge >= 0.3 is 0 Å². The maximum atomic E-state index is 6.49. The molecule has 11 aromatic rings. The number of para-hydroxylation sites is 6. The Hall–Kier alpha value is -6.84. The number of benzene rings is 8. The Morgan fingerprint density at radius 2 is 0.941 bits per heavy atom. The van der Waals surface area contributed by atoms with Gasteiger partial charge in [-0.2, -0.15) is 0 Å². The lowest BCUT2D eigenvalue weighted by Gasteiger charge is -2.14. The van der Waals surface area contributed by atoms with Gasteiger partial charge in [0.25, 0.3) is 0 Å². The molecule has 0 aliphatic heterocycles. The Morgan fingerprint density at radius 1 is 0.353 bits per heavy atom. The van der Waals surface area contributed by atoms with Crippen LogP contribution in [0.5, 0.6) is 0 Å². The molecule has 0 fully saturated rings. The first-order valence-corrected chi connectivity index (χ1v) is 17.4. The molecule has 0 aliphatic carbocycles. The van der Waals surface area contributed by atoms with E-state index >= 15 is 0 Å². The van der Waals surface area contributed by atoms with Crippen LogP contribution in [-0.4, -0.2) is 9.13 Å². The number of fused-ring (bicyclic) bond motifs is 9. The Balaban J connectivity index is 1.20. The zero-order chi connectivity index (χ0) is 33.5. The largest absolute Gasteiger partial charge is 0.455 e. The van der Waals surface area contributed by atoms with Crippen molar-refractivity contribution in [1.82, 2.24) is 9.13 Å². The molecule has 0 spiro atoms. The van der Waals surface area contributed by atoms with Crippen LogP contribution in [0.3, 0.4) is 0 Å². The second kappa shape index (κ2) is 10.8. The van der Waals surface area contributed by atoms with E-state index in [1.165, 1.54) is 54.7 Å². The fraction of sp³-hybridized carbons (Fsp3) is 0. The second-order valence-corrected chi connectivity index (χ2v) is 13.3. The van der Waals surface area contributed by atoms with Crippen LogP contribution in [0.25, 0.3) is 99.2 Å². The molecule has 8 aromatic carbocycles. The summed E-state index contributed by atoms with van der Waals surface area (Å²) in [6.07, 6.45) is 0. The summed E-state index contributed by atoms with van der Waals surface area (Å²) in [6, 6.07) is 65.4. The molecule has 3 heteroatoms. The highest BCUT2D eigenvalue weighted by atomic mass is 16.3. The van der Waals surface area contributed by atoms with Gasteiger partial charge in [0.1, 0.15) is 11.2 Å². The van der Waals surface area contributed by atoms with E-state index in [4.69, 9.17) is 4.42 Å². The predicted octanol–water partition coefficient (Wildman–Crippen LogP) is 13.1. The van der Waals surface area contributed by atoms with E-state index in [1.54, 1.807) is 0 Å². The van der Waals surface area contributed by atoms with Crippen molar-refractivity contribution in [2.75, 3.05) is 0 Å². The minimum atomic E-state index is 0.908. The number of hydrogen-bond donors (Lipinski definition) is 0. The van der Waals surface area contributed by atoms with Crippen LogP contribution in [0.2, 0.25) is 0 Å². The van der Waals surface area contributed by atoms with Gasteiger partial charge in [-0.05, 0) is 59.7 Å². The molecule has 11 rings (SSSR count). The van der Waals surface area contributed by atoms with Crippen molar-refractivity contribution in [2.24, 2.45) is 0 Å². The van der Waals surface area contributed by atoms with E-state index in [1.807, 2.05) is 12.1 Å². The molecule has 0 N–H and O–H groups in total. The zero-order valence-electron chi connectivity index (χ0n) is 27.6. The molecule has 3 heterocycles. The van der Waals surface area contributed by atoms with E-state index < -0.39 is 0 Å². The maximum Gasteiger partial charge on any atom is 0.143 e. The van der Waals surface area contributed by atoms with Crippen LogP contribution in [0, 0.1) is 0 Å². The van der Waals surface area contributed by atoms with Crippen LogP contribution in [0.15, 0.2) is 186 Å². The summed E-state index contributed by atoms with van der Waals surface area (Å²) in [6.45, 7) is 0.